The van der Waals surface area contributed by atoms with Crippen molar-refractivity contribution in [1.29, 1.82) is 0 Å². The highest BCUT2D eigenvalue weighted by Crippen LogP contribution is 2.74. The van der Waals surface area contributed by atoms with E-state index in [1.807, 2.05) is 0 Å². The molecule has 92 valence electrons. The van der Waals surface area contributed by atoms with E-state index in [0.717, 1.165) is 11.3 Å². The van der Waals surface area contributed by atoms with E-state index in [0.29, 0.717) is 0 Å². The average Bonchev–Trinajstić information content (AvgIpc) is 2.60. The summed E-state index contributed by atoms with van der Waals surface area (Å²) in [6, 6.07) is 11.6. The average molecular weight is 247 g/mol. The number of hydrogen-bond donors (Lipinski definition) is 0. The van der Waals surface area contributed by atoms with E-state index in [1.54, 1.807) is 5.30 Å². The van der Waals surface area contributed by atoms with Gasteiger partial charge in [0.15, 0.2) is 0 Å². The normalized spacial score (nSPS) is 36.8. The number of benzene rings is 1. The standard InChI is InChI=1S/C16H24P/c1-2-17(14-8-4-3-5-9-14)15-10-6-7-11-16(17)13-12-15/h3-5,8-9,15-16H,2,6-7,10-13H2,1H3/q+1/t15-,16+,17?. The zero-order valence-corrected chi connectivity index (χ0v) is 11.8. The molecule has 2 bridgehead atoms. The second kappa shape index (κ2) is 4.73. The molecule has 1 aromatic rings. The molecule has 0 aliphatic carbocycles. The Balaban J connectivity index is 2.06. The highest BCUT2D eigenvalue weighted by atomic mass is 31.2. The Morgan fingerprint density at radius 1 is 0.941 bits per heavy atom. The molecule has 1 unspecified atom stereocenters. The van der Waals surface area contributed by atoms with Crippen LogP contribution in [0.15, 0.2) is 30.3 Å². The minimum absolute atomic E-state index is 0.838. The Kier molecular flexibility index (Phi) is 3.26. The van der Waals surface area contributed by atoms with Crippen molar-refractivity contribution in [2.75, 3.05) is 6.16 Å². The lowest BCUT2D eigenvalue weighted by molar-refractivity contribution is 0.556. The van der Waals surface area contributed by atoms with Gasteiger partial charge in [-0.2, -0.15) is 0 Å². The molecule has 0 nitrogen and oxygen atoms in total. The summed E-state index contributed by atoms with van der Waals surface area (Å²) in [5.74, 6) is 0. The first-order valence-corrected chi connectivity index (χ1v) is 9.42. The zero-order chi connectivity index (χ0) is 11.7. The molecule has 0 aromatic heterocycles. The summed E-state index contributed by atoms with van der Waals surface area (Å²) in [6.07, 6.45) is 10.5. The van der Waals surface area contributed by atoms with Crippen molar-refractivity contribution in [2.45, 2.75) is 56.8 Å². The SMILES string of the molecule is CC[P+]1(c2ccccc2)[C@@H]2CCCC[C@H]1CC2. The van der Waals surface area contributed by atoms with E-state index in [-0.39, 0.29) is 0 Å². The lowest BCUT2D eigenvalue weighted by Crippen LogP contribution is -2.25. The maximum atomic E-state index is 2.47. The fourth-order valence-electron chi connectivity index (χ4n) is 4.48. The van der Waals surface area contributed by atoms with Gasteiger partial charge in [-0.15, -0.1) is 0 Å². The first-order valence-electron chi connectivity index (χ1n) is 7.31. The quantitative estimate of drug-likeness (QED) is 0.677. The van der Waals surface area contributed by atoms with Crippen molar-refractivity contribution in [3.8, 4) is 0 Å². The molecule has 1 aromatic carbocycles. The third-order valence-electron chi connectivity index (χ3n) is 5.22. The molecule has 0 radical (unpaired) electrons. The summed E-state index contributed by atoms with van der Waals surface area (Å²) in [7, 11) is -0.838. The van der Waals surface area contributed by atoms with E-state index in [1.165, 1.54) is 44.7 Å². The highest BCUT2D eigenvalue weighted by Gasteiger charge is 2.57. The van der Waals surface area contributed by atoms with E-state index < -0.39 is 7.26 Å². The Hall–Kier alpha value is -0.350. The van der Waals surface area contributed by atoms with Crippen molar-refractivity contribution >= 4 is 12.6 Å². The third-order valence-corrected chi connectivity index (χ3v) is 11.2. The molecular formula is C16H24P+. The van der Waals surface area contributed by atoms with Gasteiger partial charge in [0, 0.05) is 0 Å². The van der Waals surface area contributed by atoms with Crippen molar-refractivity contribution in [2.24, 2.45) is 0 Å². The van der Waals surface area contributed by atoms with Gasteiger partial charge < -0.3 is 0 Å². The van der Waals surface area contributed by atoms with Gasteiger partial charge >= 0.3 is 0 Å². The van der Waals surface area contributed by atoms with Gasteiger partial charge in [0.05, 0.1) is 30.0 Å². The number of hydrogen-bond acceptors (Lipinski definition) is 0. The summed E-state index contributed by atoms with van der Waals surface area (Å²) in [5.41, 5.74) is 2.14. The van der Waals surface area contributed by atoms with Crippen molar-refractivity contribution < 1.29 is 0 Å². The van der Waals surface area contributed by atoms with Crippen molar-refractivity contribution in [3.05, 3.63) is 30.3 Å². The van der Waals surface area contributed by atoms with Crippen LogP contribution in [0.5, 0.6) is 0 Å². The second-order valence-electron chi connectivity index (χ2n) is 5.75. The van der Waals surface area contributed by atoms with Crippen LogP contribution in [0.25, 0.3) is 0 Å². The minimum Gasteiger partial charge on any atom is -0.0620 e. The van der Waals surface area contributed by atoms with Crippen molar-refractivity contribution in [3.63, 3.8) is 0 Å². The smallest absolute Gasteiger partial charge is 0.0620 e. The van der Waals surface area contributed by atoms with Crippen LogP contribution in [0, 0.1) is 0 Å². The Morgan fingerprint density at radius 2 is 1.53 bits per heavy atom. The zero-order valence-electron chi connectivity index (χ0n) is 10.9. The van der Waals surface area contributed by atoms with Crippen LogP contribution in [-0.2, 0) is 0 Å². The summed E-state index contributed by atoms with van der Waals surface area (Å²) in [5, 5.41) is 1.75. The van der Waals surface area contributed by atoms with Crippen LogP contribution in [0.4, 0.5) is 0 Å². The summed E-state index contributed by atoms with van der Waals surface area (Å²) >= 11 is 0. The predicted molar refractivity (Wildman–Crippen MR) is 78.8 cm³/mol. The molecule has 2 aliphatic rings. The van der Waals surface area contributed by atoms with Gasteiger partial charge in [-0.05, 0) is 57.6 Å². The molecule has 2 fully saturated rings. The van der Waals surface area contributed by atoms with E-state index in [2.05, 4.69) is 37.3 Å². The Morgan fingerprint density at radius 3 is 2.06 bits per heavy atom. The lowest BCUT2D eigenvalue weighted by atomic mass is 10.0. The Labute approximate surface area is 106 Å². The second-order valence-corrected chi connectivity index (χ2v) is 10.2. The highest BCUT2D eigenvalue weighted by molar-refractivity contribution is 7.84. The monoisotopic (exact) mass is 247 g/mol. The van der Waals surface area contributed by atoms with Crippen molar-refractivity contribution in [1.82, 2.24) is 0 Å². The summed E-state index contributed by atoms with van der Waals surface area (Å²) in [4.78, 5) is 0. The molecule has 3 rings (SSSR count). The van der Waals surface area contributed by atoms with Gasteiger partial charge in [-0.25, -0.2) is 0 Å². The molecule has 1 heteroatoms. The maximum absolute atomic E-state index is 2.47. The Bertz CT molecular complexity index is 356. The van der Waals surface area contributed by atoms with E-state index >= 15 is 0 Å². The minimum atomic E-state index is -0.838. The van der Waals surface area contributed by atoms with E-state index in [4.69, 9.17) is 0 Å². The van der Waals surface area contributed by atoms with Crippen LogP contribution in [0.1, 0.15) is 45.4 Å². The molecule has 0 amide bonds. The molecule has 0 saturated carbocycles. The molecule has 0 spiro atoms. The van der Waals surface area contributed by atoms with Gasteiger partial charge in [0.2, 0.25) is 0 Å². The number of rotatable bonds is 2. The van der Waals surface area contributed by atoms with Gasteiger partial charge in [-0.1, -0.05) is 18.2 Å². The molecule has 17 heavy (non-hydrogen) atoms. The van der Waals surface area contributed by atoms with Crippen LogP contribution in [0.2, 0.25) is 0 Å². The van der Waals surface area contributed by atoms with Crippen LogP contribution < -0.4 is 5.30 Å². The molecule has 2 saturated heterocycles. The third kappa shape index (κ3) is 1.76. The van der Waals surface area contributed by atoms with Gasteiger partial charge in [-0.3, -0.25) is 0 Å². The molecule has 2 heterocycles. The summed E-state index contributed by atoms with van der Waals surface area (Å²) < 4.78 is 0. The molecule has 2 aliphatic heterocycles. The molecule has 3 atom stereocenters. The van der Waals surface area contributed by atoms with Crippen LogP contribution >= 0.6 is 7.26 Å². The fraction of sp³-hybridized carbons (Fsp3) is 0.625. The molecule has 0 N–H and O–H groups in total. The fourth-order valence-corrected chi connectivity index (χ4v) is 10.6. The predicted octanol–water partition coefficient (Wildman–Crippen LogP) is 4.45. The number of fused-ring (bicyclic) bond motifs is 2. The topological polar surface area (TPSA) is 0 Å². The maximum Gasteiger partial charge on any atom is 0.0945 e. The van der Waals surface area contributed by atoms with Gasteiger partial charge in [0.25, 0.3) is 0 Å². The van der Waals surface area contributed by atoms with Crippen LogP contribution in [-0.4, -0.2) is 17.5 Å². The van der Waals surface area contributed by atoms with Gasteiger partial charge in [0.1, 0.15) is 0 Å². The van der Waals surface area contributed by atoms with E-state index in [9.17, 15) is 0 Å². The first-order chi connectivity index (χ1) is 8.38. The largest absolute Gasteiger partial charge is 0.0945 e. The lowest BCUT2D eigenvalue weighted by Gasteiger charge is -2.31. The molecular weight excluding hydrogens is 223 g/mol. The van der Waals surface area contributed by atoms with Crippen LogP contribution in [0.3, 0.4) is 0 Å². The summed E-state index contributed by atoms with van der Waals surface area (Å²) in [6.45, 7) is 2.47. The first kappa shape index (κ1) is 11.7.